The number of hydrogen-bond donors (Lipinski definition) is 2. The van der Waals surface area contributed by atoms with Crippen molar-refractivity contribution in [3.05, 3.63) is 65.7 Å². The largest absolute Gasteiger partial charge is 0.352 e. The summed E-state index contributed by atoms with van der Waals surface area (Å²) in [5.74, 6) is -0.742. The average Bonchev–Trinajstić information content (AvgIpc) is 3.08. The molecule has 3 amide bonds. The van der Waals surface area contributed by atoms with Gasteiger partial charge in [0.05, 0.1) is 5.92 Å². The van der Waals surface area contributed by atoms with Crippen molar-refractivity contribution >= 4 is 23.4 Å². The van der Waals surface area contributed by atoms with Crippen molar-refractivity contribution in [1.82, 2.24) is 10.2 Å². The van der Waals surface area contributed by atoms with E-state index in [0.29, 0.717) is 30.9 Å². The molecule has 6 nitrogen and oxygen atoms in total. The monoisotopic (exact) mass is 379 g/mol. The van der Waals surface area contributed by atoms with Crippen LogP contribution in [0.15, 0.2) is 54.6 Å². The van der Waals surface area contributed by atoms with Crippen molar-refractivity contribution < 1.29 is 14.4 Å². The van der Waals surface area contributed by atoms with Crippen molar-refractivity contribution in [2.45, 2.75) is 19.8 Å². The van der Waals surface area contributed by atoms with Gasteiger partial charge < -0.3 is 15.5 Å². The summed E-state index contributed by atoms with van der Waals surface area (Å²) in [6.45, 7) is 3.43. The highest BCUT2D eigenvalue weighted by atomic mass is 16.2. The number of nitrogens with zero attached hydrogens (tertiary/aromatic N) is 1. The number of likely N-dealkylation sites (tertiary alicyclic amines) is 1. The summed E-state index contributed by atoms with van der Waals surface area (Å²) in [6.07, 6.45) is 0.992. The standard InChI is InChI=1S/C22H25N3O3/c1-2-23-21(27)17-9-6-10-19(13-17)24-22(28)18-14-20(26)25(15-18)12-11-16-7-4-3-5-8-16/h3-10,13,18H,2,11-12,14-15H2,1H3,(H,23,27)(H,24,28)/t18-/m1/s1. The Balaban J connectivity index is 1.56. The van der Waals surface area contributed by atoms with E-state index in [2.05, 4.69) is 10.6 Å². The highest BCUT2D eigenvalue weighted by Gasteiger charge is 2.34. The SMILES string of the molecule is CCNC(=O)c1cccc(NC(=O)[C@@H]2CC(=O)N(CCc3ccccc3)C2)c1. The summed E-state index contributed by atoms with van der Waals surface area (Å²) in [7, 11) is 0. The maximum absolute atomic E-state index is 12.6. The summed E-state index contributed by atoms with van der Waals surface area (Å²) in [5.41, 5.74) is 2.22. The molecule has 1 heterocycles. The molecule has 1 saturated heterocycles. The maximum atomic E-state index is 12.6. The molecule has 1 aliphatic rings. The molecule has 1 aliphatic heterocycles. The molecule has 0 spiro atoms. The van der Waals surface area contributed by atoms with Crippen LogP contribution in [0.4, 0.5) is 5.69 Å². The van der Waals surface area contributed by atoms with Gasteiger partial charge in [0.25, 0.3) is 5.91 Å². The van der Waals surface area contributed by atoms with E-state index in [-0.39, 0.29) is 30.1 Å². The lowest BCUT2D eigenvalue weighted by molar-refractivity contribution is -0.128. The normalized spacial score (nSPS) is 16.1. The Bertz CT molecular complexity index is 851. The predicted octanol–water partition coefficient (Wildman–Crippen LogP) is 2.47. The van der Waals surface area contributed by atoms with E-state index in [1.165, 1.54) is 5.56 Å². The van der Waals surface area contributed by atoms with Crippen molar-refractivity contribution in [2.75, 3.05) is 25.0 Å². The van der Waals surface area contributed by atoms with E-state index in [0.717, 1.165) is 6.42 Å². The van der Waals surface area contributed by atoms with Crippen molar-refractivity contribution in [3.63, 3.8) is 0 Å². The van der Waals surface area contributed by atoms with Crippen LogP contribution in [0.1, 0.15) is 29.3 Å². The number of carbonyl (C=O) groups excluding carboxylic acids is 3. The minimum absolute atomic E-state index is 0.00663. The fraction of sp³-hybridized carbons (Fsp3) is 0.318. The summed E-state index contributed by atoms with van der Waals surface area (Å²) in [6, 6.07) is 16.8. The molecular weight excluding hydrogens is 354 g/mol. The molecule has 28 heavy (non-hydrogen) atoms. The number of rotatable bonds is 7. The van der Waals surface area contributed by atoms with Crippen molar-refractivity contribution in [1.29, 1.82) is 0 Å². The highest BCUT2D eigenvalue weighted by molar-refractivity contribution is 5.99. The zero-order chi connectivity index (χ0) is 19.9. The second-order valence-corrected chi connectivity index (χ2v) is 6.91. The van der Waals surface area contributed by atoms with Gasteiger partial charge in [-0.2, -0.15) is 0 Å². The molecule has 0 aliphatic carbocycles. The van der Waals surface area contributed by atoms with Gasteiger partial charge in [0.2, 0.25) is 11.8 Å². The van der Waals surface area contributed by atoms with Crippen LogP contribution in [0.25, 0.3) is 0 Å². The summed E-state index contributed by atoms with van der Waals surface area (Å²) in [5, 5.41) is 5.57. The molecule has 1 atom stereocenters. The van der Waals surface area contributed by atoms with Crippen LogP contribution in [0, 0.1) is 5.92 Å². The number of carbonyl (C=O) groups is 3. The van der Waals surface area contributed by atoms with Crippen LogP contribution < -0.4 is 10.6 Å². The zero-order valence-corrected chi connectivity index (χ0v) is 16.0. The molecule has 6 heteroatoms. The predicted molar refractivity (Wildman–Crippen MR) is 108 cm³/mol. The number of hydrogen-bond acceptors (Lipinski definition) is 3. The van der Waals surface area contributed by atoms with E-state index in [1.807, 2.05) is 37.3 Å². The van der Waals surface area contributed by atoms with Crippen LogP contribution in [0.2, 0.25) is 0 Å². The first kappa shape index (κ1) is 19.6. The number of nitrogens with one attached hydrogen (secondary N) is 2. The van der Waals surface area contributed by atoms with Crippen LogP contribution >= 0.6 is 0 Å². The lowest BCUT2D eigenvalue weighted by atomic mass is 10.1. The Morgan fingerprint density at radius 2 is 1.89 bits per heavy atom. The lowest BCUT2D eigenvalue weighted by Crippen LogP contribution is -2.30. The Morgan fingerprint density at radius 3 is 2.64 bits per heavy atom. The van der Waals surface area contributed by atoms with Crippen LogP contribution in [0.3, 0.4) is 0 Å². The quantitative estimate of drug-likeness (QED) is 0.776. The van der Waals surface area contributed by atoms with Crippen LogP contribution in [-0.2, 0) is 16.0 Å². The number of benzene rings is 2. The Kier molecular flexibility index (Phi) is 6.42. The third-order valence-electron chi connectivity index (χ3n) is 4.83. The molecule has 2 N–H and O–H groups in total. The van der Waals surface area contributed by atoms with E-state index in [1.54, 1.807) is 29.2 Å². The van der Waals surface area contributed by atoms with E-state index < -0.39 is 0 Å². The first-order valence-electron chi connectivity index (χ1n) is 9.57. The maximum Gasteiger partial charge on any atom is 0.251 e. The molecule has 146 valence electrons. The average molecular weight is 379 g/mol. The molecule has 0 aromatic heterocycles. The van der Waals surface area contributed by atoms with Crippen molar-refractivity contribution in [3.8, 4) is 0 Å². The van der Waals surface area contributed by atoms with Gasteiger partial charge in [-0.1, -0.05) is 36.4 Å². The smallest absolute Gasteiger partial charge is 0.251 e. The summed E-state index contributed by atoms with van der Waals surface area (Å²) in [4.78, 5) is 38.6. The molecule has 1 fully saturated rings. The second-order valence-electron chi connectivity index (χ2n) is 6.91. The molecular formula is C22H25N3O3. The van der Waals surface area contributed by atoms with E-state index in [9.17, 15) is 14.4 Å². The van der Waals surface area contributed by atoms with Crippen LogP contribution in [0.5, 0.6) is 0 Å². The van der Waals surface area contributed by atoms with Crippen molar-refractivity contribution in [2.24, 2.45) is 5.92 Å². The van der Waals surface area contributed by atoms with Gasteiger partial charge in [0.15, 0.2) is 0 Å². The summed E-state index contributed by atoms with van der Waals surface area (Å²) >= 11 is 0. The van der Waals surface area contributed by atoms with Gasteiger partial charge in [-0.25, -0.2) is 0 Å². The first-order valence-corrected chi connectivity index (χ1v) is 9.57. The van der Waals surface area contributed by atoms with Gasteiger partial charge in [0, 0.05) is 37.3 Å². The lowest BCUT2D eigenvalue weighted by Gasteiger charge is -2.16. The minimum Gasteiger partial charge on any atom is -0.352 e. The fourth-order valence-corrected chi connectivity index (χ4v) is 3.32. The molecule has 0 saturated carbocycles. The Morgan fingerprint density at radius 1 is 1.11 bits per heavy atom. The first-order chi connectivity index (χ1) is 13.6. The zero-order valence-electron chi connectivity index (χ0n) is 16.0. The second kappa shape index (κ2) is 9.17. The highest BCUT2D eigenvalue weighted by Crippen LogP contribution is 2.21. The van der Waals surface area contributed by atoms with E-state index >= 15 is 0 Å². The molecule has 2 aromatic carbocycles. The van der Waals surface area contributed by atoms with Gasteiger partial charge in [-0.3, -0.25) is 14.4 Å². The van der Waals surface area contributed by atoms with Crippen LogP contribution in [-0.4, -0.2) is 42.3 Å². The van der Waals surface area contributed by atoms with Gasteiger partial charge in [-0.05, 0) is 37.1 Å². The van der Waals surface area contributed by atoms with E-state index in [4.69, 9.17) is 0 Å². The molecule has 2 aromatic rings. The Hall–Kier alpha value is -3.15. The molecule has 0 radical (unpaired) electrons. The number of anilines is 1. The molecule has 0 bridgehead atoms. The van der Waals surface area contributed by atoms with Gasteiger partial charge in [0.1, 0.15) is 0 Å². The molecule has 0 unspecified atom stereocenters. The molecule has 3 rings (SSSR count). The topological polar surface area (TPSA) is 78.5 Å². The third kappa shape index (κ3) is 4.97. The Labute approximate surface area is 164 Å². The number of amides is 3. The van der Waals surface area contributed by atoms with Gasteiger partial charge in [-0.15, -0.1) is 0 Å². The fourth-order valence-electron chi connectivity index (χ4n) is 3.32. The third-order valence-corrected chi connectivity index (χ3v) is 4.83. The van der Waals surface area contributed by atoms with Gasteiger partial charge >= 0.3 is 0 Å². The minimum atomic E-state index is -0.378. The summed E-state index contributed by atoms with van der Waals surface area (Å²) < 4.78 is 0.